The van der Waals surface area contributed by atoms with Crippen molar-refractivity contribution < 1.29 is 23.4 Å². The number of hydrogen-bond donors (Lipinski definition) is 1. The van der Waals surface area contributed by atoms with E-state index in [0.717, 1.165) is 11.3 Å². The molecule has 0 amide bonds. The van der Waals surface area contributed by atoms with Gasteiger partial charge >= 0.3 is 0 Å². The summed E-state index contributed by atoms with van der Waals surface area (Å²) in [5, 5.41) is 9.69. The van der Waals surface area contributed by atoms with Crippen molar-refractivity contribution in [2.75, 3.05) is 7.11 Å². The number of aromatic hydroxyl groups is 1. The van der Waals surface area contributed by atoms with Crippen LogP contribution in [0, 0.1) is 0 Å². The fourth-order valence-electron chi connectivity index (χ4n) is 1.71. The molecule has 0 unspecified atom stereocenters. The molecular formula is C15H14F2O3. The number of alkyl halides is 2. The Labute approximate surface area is 115 Å². The third kappa shape index (κ3) is 3.17. The van der Waals surface area contributed by atoms with Gasteiger partial charge in [0.1, 0.15) is 12.4 Å². The summed E-state index contributed by atoms with van der Waals surface area (Å²) in [4.78, 5) is 0. The molecule has 0 aliphatic carbocycles. The van der Waals surface area contributed by atoms with E-state index in [0.29, 0.717) is 0 Å². The third-order valence-corrected chi connectivity index (χ3v) is 2.82. The number of benzene rings is 2. The summed E-state index contributed by atoms with van der Waals surface area (Å²) in [5.74, 6) is 0.242. The van der Waals surface area contributed by atoms with Gasteiger partial charge in [0.05, 0.1) is 12.7 Å². The minimum atomic E-state index is -2.74. The minimum absolute atomic E-state index is 0.0404. The zero-order valence-electron chi connectivity index (χ0n) is 10.8. The van der Waals surface area contributed by atoms with Crippen molar-refractivity contribution in [3.05, 3.63) is 53.6 Å². The molecule has 5 heteroatoms. The molecule has 1 N–H and O–H groups in total. The molecule has 0 atom stereocenters. The van der Waals surface area contributed by atoms with Gasteiger partial charge in [0, 0.05) is 0 Å². The molecule has 2 rings (SSSR count). The van der Waals surface area contributed by atoms with E-state index in [1.807, 2.05) is 0 Å². The van der Waals surface area contributed by atoms with Crippen molar-refractivity contribution in [3.63, 3.8) is 0 Å². The van der Waals surface area contributed by atoms with Crippen LogP contribution in [-0.2, 0) is 6.61 Å². The maximum Gasteiger partial charge on any atom is 0.267 e. The summed E-state index contributed by atoms with van der Waals surface area (Å²) in [6, 6.07) is 11.2. The molecule has 0 bridgehead atoms. The first-order valence-electron chi connectivity index (χ1n) is 5.97. The number of halogens is 2. The average Bonchev–Trinajstić information content (AvgIpc) is 2.46. The second-order valence-corrected chi connectivity index (χ2v) is 4.13. The monoisotopic (exact) mass is 280 g/mol. The number of phenols is 1. The number of ether oxygens (including phenoxy) is 2. The normalized spacial score (nSPS) is 10.6. The topological polar surface area (TPSA) is 38.7 Å². The van der Waals surface area contributed by atoms with Crippen LogP contribution in [0.25, 0.3) is 0 Å². The van der Waals surface area contributed by atoms with Crippen molar-refractivity contribution in [3.8, 4) is 17.2 Å². The molecule has 0 spiro atoms. The molecule has 2 aromatic carbocycles. The van der Waals surface area contributed by atoms with Gasteiger partial charge in [0.25, 0.3) is 6.43 Å². The molecule has 0 aromatic heterocycles. The summed E-state index contributed by atoms with van der Waals surface area (Å²) < 4.78 is 35.6. The maximum atomic E-state index is 12.6. The Morgan fingerprint density at radius 1 is 1.10 bits per heavy atom. The van der Waals surface area contributed by atoms with E-state index in [-0.39, 0.29) is 12.4 Å². The quantitative estimate of drug-likeness (QED) is 0.902. The number of para-hydroxylation sites is 1. The van der Waals surface area contributed by atoms with Crippen LogP contribution in [0.15, 0.2) is 42.5 Å². The van der Waals surface area contributed by atoms with E-state index < -0.39 is 17.7 Å². The molecule has 20 heavy (non-hydrogen) atoms. The molecule has 0 fully saturated rings. The smallest absolute Gasteiger partial charge is 0.267 e. The van der Waals surface area contributed by atoms with Gasteiger partial charge in [-0.3, -0.25) is 0 Å². The third-order valence-electron chi connectivity index (χ3n) is 2.82. The molecule has 0 saturated carbocycles. The van der Waals surface area contributed by atoms with Gasteiger partial charge in [-0.2, -0.15) is 0 Å². The van der Waals surface area contributed by atoms with Crippen LogP contribution in [0.5, 0.6) is 17.2 Å². The Bertz CT molecular complexity index is 568. The van der Waals surface area contributed by atoms with Crippen molar-refractivity contribution in [1.82, 2.24) is 0 Å². The lowest BCUT2D eigenvalue weighted by molar-refractivity contribution is 0.146. The highest BCUT2D eigenvalue weighted by molar-refractivity contribution is 5.46. The molecule has 0 radical (unpaired) electrons. The summed E-state index contributed by atoms with van der Waals surface area (Å²) in [6.45, 7) is 0.171. The highest BCUT2D eigenvalue weighted by Gasteiger charge is 2.16. The predicted molar refractivity (Wildman–Crippen MR) is 70.4 cm³/mol. The Kier molecular flexibility index (Phi) is 4.40. The first kappa shape index (κ1) is 14.1. The highest BCUT2D eigenvalue weighted by Crippen LogP contribution is 2.36. The summed E-state index contributed by atoms with van der Waals surface area (Å²) in [5.41, 5.74) is 0.407. The van der Waals surface area contributed by atoms with Crippen molar-refractivity contribution >= 4 is 0 Å². The van der Waals surface area contributed by atoms with Crippen LogP contribution in [0.1, 0.15) is 17.6 Å². The van der Waals surface area contributed by atoms with Crippen molar-refractivity contribution in [2.45, 2.75) is 13.0 Å². The zero-order valence-corrected chi connectivity index (χ0v) is 10.8. The van der Waals surface area contributed by atoms with Crippen LogP contribution in [0.3, 0.4) is 0 Å². The molecule has 0 heterocycles. The van der Waals surface area contributed by atoms with E-state index in [1.54, 1.807) is 31.4 Å². The number of methoxy groups -OCH3 is 1. The second kappa shape index (κ2) is 6.23. The van der Waals surface area contributed by atoms with E-state index in [4.69, 9.17) is 9.47 Å². The van der Waals surface area contributed by atoms with E-state index >= 15 is 0 Å². The van der Waals surface area contributed by atoms with Crippen LogP contribution < -0.4 is 9.47 Å². The van der Waals surface area contributed by atoms with Crippen LogP contribution in [-0.4, -0.2) is 12.2 Å². The standard InChI is InChI=1S/C15H14F2O3/c1-19-11-7-5-10(6-8-11)9-20-13-4-2-3-12(14(13)18)15(16)17/h2-8,15,18H,9H2,1H3. The van der Waals surface area contributed by atoms with E-state index in [2.05, 4.69) is 0 Å². The summed E-state index contributed by atoms with van der Waals surface area (Å²) in [6.07, 6.45) is -2.74. The molecule has 0 aliphatic rings. The maximum absolute atomic E-state index is 12.6. The minimum Gasteiger partial charge on any atom is -0.504 e. The van der Waals surface area contributed by atoms with Crippen LogP contribution in [0.4, 0.5) is 8.78 Å². The van der Waals surface area contributed by atoms with Gasteiger partial charge in [-0.1, -0.05) is 18.2 Å². The van der Waals surface area contributed by atoms with E-state index in [9.17, 15) is 13.9 Å². The first-order valence-corrected chi connectivity index (χ1v) is 5.97. The lowest BCUT2D eigenvalue weighted by atomic mass is 10.2. The molecule has 0 saturated heterocycles. The molecule has 2 aromatic rings. The Balaban J connectivity index is 2.08. The van der Waals surface area contributed by atoms with E-state index in [1.165, 1.54) is 18.2 Å². The van der Waals surface area contributed by atoms with Crippen molar-refractivity contribution in [2.24, 2.45) is 0 Å². The molecule has 0 aliphatic heterocycles. The first-order chi connectivity index (χ1) is 9.61. The SMILES string of the molecule is COc1ccc(COc2cccc(C(F)F)c2O)cc1. The van der Waals surface area contributed by atoms with Gasteiger partial charge in [0.15, 0.2) is 11.5 Å². The van der Waals surface area contributed by atoms with Gasteiger partial charge < -0.3 is 14.6 Å². The number of rotatable bonds is 5. The second-order valence-electron chi connectivity index (χ2n) is 4.13. The Hall–Kier alpha value is -2.30. The van der Waals surface area contributed by atoms with Gasteiger partial charge in [-0.15, -0.1) is 0 Å². The lowest BCUT2D eigenvalue weighted by Crippen LogP contribution is -1.97. The lowest BCUT2D eigenvalue weighted by Gasteiger charge is -2.11. The molecule has 3 nitrogen and oxygen atoms in total. The Morgan fingerprint density at radius 2 is 1.80 bits per heavy atom. The van der Waals surface area contributed by atoms with Gasteiger partial charge in [-0.25, -0.2) is 8.78 Å². The Morgan fingerprint density at radius 3 is 2.40 bits per heavy atom. The molecular weight excluding hydrogens is 266 g/mol. The predicted octanol–water partition coefficient (Wildman–Crippen LogP) is 3.92. The molecule has 106 valence electrons. The highest BCUT2D eigenvalue weighted by atomic mass is 19.3. The van der Waals surface area contributed by atoms with Gasteiger partial charge in [0.2, 0.25) is 0 Å². The average molecular weight is 280 g/mol. The number of hydrogen-bond acceptors (Lipinski definition) is 3. The van der Waals surface area contributed by atoms with Crippen molar-refractivity contribution in [1.29, 1.82) is 0 Å². The summed E-state index contributed by atoms with van der Waals surface area (Å²) >= 11 is 0. The largest absolute Gasteiger partial charge is 0.504 e. The van der Waals surface area contributed by atoms with Gasteiger partial charge in [-0.05, 0) is 29.8 Å². The zero-order chi connectivity index (χ0) is 14.5. The summed E-state index contributed by atoms with van der Waals surface area (Å²) in [7, 11) is 1.57. The fourth-order valence-corrected chi connectivity index (χ4v) is 1.71. The van der Waals surface area contributed by atoms with Crippen LogP contribution >= 0.6 is 0 Å². The van der Waals surface area contributed by atoms with Crippen LogP contribution in [0.2, 0.25) is 0 Å². The number of phenolic OH excluding ortho intramolecular Hbond substituents is 1. The fraction of sp³-hybridized carbons (Fsp3) is 0.200.